The average Bonchev–Trinajstić information content (AvgIpc) is 2.39. The number of methoxy groups -OCH3 is 1. The van der Waals surface area contributed by atoms with Crippen LogP contribution in [0.3, 0.4) is 0 Å². The number of nitrogens with one attached hydrogen (secondary N) is 1. The van der Waals surface area contributed by atoms with Gasteiger partial charge in [-0.05, 0) is 45.5 Å². The van der Waals surface area contributed by atoms with Crippen LogP contribution in [0.5, 0.6) is 5.75 Å². The van der Waals surface area contributed by atoms with Gasteiger partial charge in [-0.15, -0.1) is 0 Å². The molecular formula is C17H26BrNO2. The number of ether oxygens (including phenoxy) is 2. The lowest BCUT2D eigenvalue weighted by molar-refractivity contribution is -0.0597. The first-order valence-corrected chi connectivity index (χ1v) is 8.35. The van der Waals surface area contributed by atoms with E-state index in [0.29, 0.717) is 6.04 Å². The number of rotatable bonds is 5. The van der Waals surface area contributed by atoms with Gasteiger partial charge in [-0.25, -0.2) is 0 Å². The van der Waals surface area contributed by atoms with Gasteiger partial charge in [-0.3, -0.25) is 0 Å². The molecule has 3 nitrogen and oxygen atoms in total. The summed E-state index contributed by atoms with van der Waals surface area (Å²) in [5.74, 6) is 0.977. The zero-order valence-corrected chi connectivity index (χ0v) is 15.2. The summed E-state index contributed by atoms with van der Waals surface area (Å²) in [6.45, 7) is 9.49. The highest BCUT2D eigenvalue weighted by atomic mass is 79.9. The maximum Gasteiger partial charge on any atom is 0.124 e. The average molecular weight is 356 g/mol. The fourth-order valence-electron chi connectivity index (χ4n) is 3.24. The van der Waals surface area contributed by atoms with Crippen molar-refractivity contribution in [3.8, 4) is 5.75 Å². The molecule has 4 heteroatoms. The summed E-state index contributed by atoms with van der Waals surface area (Å²) < 4.78 is 13.0. The Bertz CT molecular complexity index is 504. The maximum absolute atomic E-state index is 6.35. The highest BCUT2D eigenvalue weighted by molar-refractivity contribution is 9.10. The Hall–Kier alpha value is -0.580. The molecule has 1 heterocycles. The van der Waals surface area contributed by atoms with Gasteiger partial charge in [0.25, 0.3) is 0 Å². The predicted octanol–water partition coefficient (Wildman–Crippen LogP) is 4.46. The van der Waals surface area contributed by atoms with Crippen molar-refractivity contribution in [3.05, 3.63) is 28.2 Å². The van der Waals surface area contributed by atoms with Gasteiger partial charge in [0.15, 0.2) is 0 Å². The van der Waals surface area contributed by atoms with Crippen molar-refractivity contribution in [3.63, 3.8) is 0 Å². The fourth-order valence-corrected chi connectivity index (χ4v) is 3.62. The second kappa shape index (κ2) is 6.27. The topological polar surface area (TPSA) is 30.5 Å². The Morgan fingerprint density at radius 2 is 2.19 bits per heavy atom. The van der Waals surface area contributed by atoms with E-state index in [4.69, 9.17) is 9.47 Å². The summed E-state index contributed by atoms with van der Waals surface area (Å²) in [5.41, 5.74) is 0.810. The molecule has 0 saturated heterocycles. The molecule has 1 aliphatic heterocycles. The summed E-state index contributed by atoms with van der Waals surface area (Å²) in [5, 5.41) is 3.59. The summed E-state index contributed by atoms with van der Waals surface area (Å²) >= 11 is 3.55. The van der Waals surface area contributed by atoms with Crippen molar-refractivity contribution in [1.29, 1.82) is 0 Å². The van der Waals surface area contributed by atoms with E-state index in [1.807, 2.05) is 6.07 Å². The first-order chi connectivity index (χ1) is 9.78. The number of benzene rings is 1. The minimum atomic E-state index is -0.229. The van der Waals surface area contributed by atoms with E-state index in [1.54, 1.807) is 7.11 Å². The van der Waals surface area contributed by atoms with Gasteiger partial charge in [0, 0.05) is 36.0 Å². The summed E-state index contributed by atoms with van der Waals surface area (Å²) in [7, 11) is 1.76. The Labute approximate surface area is 136 Å². The third kappa shape index (κ3) is 3.99. The maximum atomic E-state index is 6.35. The molecule has 1 aliphatic rings. The molecule has 0 radical (unpaired) electrons. The van der Waals surface area contributed by atoms with Crippen molar-refractivity contribution in [2.24, 2.45) is 0 Å². The molecule has 2 atom stereocenters. The van der Waals surface area contributed by atoms with Crippen molar-refractivity contribution in [1.82, 2.24) is 5.32 Å². The summed E-state index contributed by atoms with van der Waals surface area (Å²) in [6, 6.07) is 6.56. The van der Waals surface area contributed by atoms with Crippen LogP contribution >= 0.6 is 15.9 Å². The molecule has 2 rings (SSSR count). The standard InChI is InChI=1S/C17H26BrNO2/c1-6-19-14-10-17(4,11-16(2,3)20-5)21-15-8-7-12(18)9-13(14)15/h7-9,14,19H,6,10-11H2,1-5H3. The van der Waals surface area contributed by atoms with Crippen LogP contribution in [0.4, 0.5) is 0 Å². The van der Waals surface area contributed by atoms with Crippen LogP contribution in [0.2, 0.25) is 0 Å². The zero-order valence-electron chi connectivity index (χ0n) is 13.6. The quantitative estimate of drug-likeness (QED) is 0.845. The largest absolute Gasteiger partial charge is 0.487 e. The molecule has 1 N–H and O–H groups in total. The van der Waals surface area contributed by atoms with E-state index in [9.17, 15) is 0 Å². The first-order valence-electron chi connectivity index (χ1n) is 7.55. The van der Waals surface area contributed by atoms with Gasteiger partial charge < -0.3 is 14.8 Å². The molecule has 21 heavy (non-hydrogen) atoms. The predicted molar refractivity (Wildman–Crippen MR) is 89.9 cm³/mol. The number of hydrogen-bond donors (Lipinski definition) is 1. The monoisotopic (exact) mass is 355 g/mol. The van der Waals surface area contributed by atoms with Gasteiger partial charge in [-0.1, -0.05) is 22.9 Å². The molecule has 2 unspecified atom stereocenters. The van der Waals surface area contributed by atoms with E-state index >= 15 is 0 Å². The molecule has 0 aliphatic carbocycles. The first kappa shape index (κ1) is 16.8. The van der Waals surface area contributed by atoms with Gasteiger partial charge in [0.2, 0.25) is 0 Å². The normalized spacial score (nSPS) is 25.3. The smallest absolute Gasteiger partial charge is 0.124 e. The lowest BCUT2D eigenvalue weighted by Crippen LogP contribution is -2.46. The van der Waals surface area contributed by atoms with Crippen molar-refractivity contribution in [2.75, 3.05) is 13.7 Å². The molecule has 0 bridgehead atoms. The number of fused-ring (bicyclic) bond motifs is 1. The van der Waals surface area contributed by atoms with Crippen LogP contribution in [-0.4, -0.2) is 24.9 Å². The van der Waals surface area contributed by atoms with E-state index in [0.717, 1.165) is 29.6 Å². The second-order valence-electron chi connectivity index (χ2n) is 6.69. The van der Waals surface area contributed by atoms with Crippen LogP contribution in [0.25, 0.3) is 0 Å². The van der Waals surface area contributed by atoms with Crippen LogP contribution < -0.4 is 10.1 Å². The molecule has 0 amide bonds. The highest BCUT2D eigenvalue weighted by Crippen LogP contribution is 2.44. The van der Waals surface area contributed by atoms with Crippen LogP contribution in [0.15, 0.2) is 22.7 Å². The highest BCUT2D eigenvalue weighted by Gasteiger charge is 2.41. The second-order valence-corrected chi connectivity index (χ2v) is 7.60. The van der Waals surface area contributed by atoms with E-state index in [2.05, 4.69) is 61.1 Å². The molecule has 1 aromatic carbocycles. The van der Waals surface area contributed by atoms with Gasteiger partial charge in [0.05, 0.1) is 5.60 Å². The van der Waals surface area contributed by atoms with Gasteiger partial charge in [-0.2, -0.15) is 0 Å². The van der Waals surface area contributed by atoms with E-state index < -0.39 is 0 Å². The Kier molecular flexibility index (Phi) is 5.01. The fraction of sp³-hybridized carbons (Fsp3) is 0.647. The molecule has 0 aromatic heterocycles. The van der Waals surface area contributed by atoms with Crippen LogP contribution in [-0.2, 0) is 4.74 Å². The van der Waals surface area contributed by atoms with Gasteiger partial charge in [0.1, 0.15) is 11.4 Å². The van der Waals surface area contributed by atoms with E-state index in [-0.39, 0.29) is 11.2 Å². The summed E-state index contributed by atoms with van der Waals surface area (Å²) in [4.78, 5) is 0. The third-order valence-electron chi connectivity index (χ3n) is 4.14. The minimum Gasteiger partial charge on any atom is -0.487 e. The van der Waals surface area contributed by atoms with Crippen molar-refractivity contribution < 1.29 is 9.47 Å². The van der Waals surface area contributed by atoms with E-state index in [1.165, 1.54) is 5.56 Å². The molecular weight excluding hydrogens is 330 g/mol. The van der Waals surface area contributed by atoms with Crippen molar-refractivity contribution in [2.45, 2.75) is 57.8 Å². The molecule has 118 valence electrons. The molecule has 0 saturated carbocycles. The van der Waals surface area contributed by atoms with Gasteiger partial charge >= 0.3 is 0 Å². The molecule has 0 spiro atoms. The summed E-state index contributed by atoms with van der Waals surface area (Å²) in [6.07, 6.45) is 1.80. The number of hydrogen-bond acceptors (Lipinski definition) is 3. The SMILES string of the molecule is CCNC1CC(C)(CC(C)(C)OC)Oc2ccc(Br)cc21. The lowest BCUT2D eigenvalue weighted by atomic mass is 9.81. The Morgan fingerprint density at radius 3 is 2.81 bits per heavy atom. The minimum absolute atomic E-state index is 0.196. The number of halogens is 1. The van der Waals surface area contributed by atoms with Crippen LogP contribution in [0.1, 0.15) is 52.1 Å². The third-order valence-corrected chi connectivity index (χ3v) is 4.64. The van der Waals surface area contributed by atoms with Crippen LogP contribution in [0, 0.1) is 0 Å². The molecule has 1 aromatic rings. The Balaban J connectivity index is 2.31. The Morgan fingerprint density at radius 1 is 1.48 bits per heavy atom. The lowest BCUT2D eigenvalue weighted by Gasteiger charge is -2.43. The molecule has 0 fully saturated rings. The van der Waals surface area contributed by atoms with Crippen molar-refractivity contribution >= 4 is 15.9 Å². The zero-order chi connectivity index (χ0) is 15.7.